The standard InChI is InChI=1S/C15H20F3NO2/c1-20-14-5-4-12(11-13(14)15(16,17)18)3-2-6-19-7-9-21-10-8-19/h4-5,11H,2-3,6-10H2,1H3. The molecule has 3 nitrogen and oxygen atoms in total. The lowest BCUT2D eigenvalue weighted by molar-refractivity contribution is -0.138. The molecule has 6 heteroatoms. The van der Waals surface area contributed by atoms with Crippen molar-refractivity contribution >= 4 is 0 Å². The van der Waals surface area contributed by atoms with E-state index in [0.717, 1.165) is 39.3 Å². The van der Waals surface area contributed by atoms with Crippen LogP contribution in [0.15, 0.2) is 18.2 Å². The number of hydrogen-bond donors (Lipinski definition) is 0. The number of alkyl halides is 3. The van der Waals surface area contributed by atoms with Crippen LogP contribution < -0.4 is 4.74 Å². The Morgan fingerprint density at radius 1 is 1.24 bits per heavy atom. The van der Waals surface area contributed by atoms with Crippen molar-refractivity contribution < 1.29 is 22.6 Å². The largest absolute Gasteiger partial charge is 0.496 e. The van der Waals surface area contributed by atoms with Gasteiger partial charge in [0.25, 0.3) is 0 Å². The summed E-state index contributed by atoms with van der Waals surface area (Å²) in [5.74, 6) is -0.126. The monoisotopic (exact) mass is 303 g/mol. The molecule has 0 atom stereocenters. The Labute approximate surface area is 122 Å². The van der Waals surface area contributed by atoms with Crippen molar-refractivity contribution in [2.45, 2.75) is 19.0 Å². The fourth-order valence-corrected chi connectivity index (χ4v) is 2.46. The quantitative estimate of drug-likeness (QED) is 0.835. The predicted octanol–water partition coefficient (Wildman–Crippen LogP) is 2.98. The van der Waals surface area contributed by atoms with Gasteiger partial charge in [-0.1, -0.05) is 6.07 Å². The molecule has 1 aromatic carbocycles. The summed E-state index contributed by atoms with van der Waals surface area (Å²) in [6, 6.07) is 4.29. The van der Waals surface area contributed by atoms with Crippen LogP contribution in [-0.4, -0.2) is 44.9 Å². The van der Waals surface area contributed by atoms with E-state index in [1.165, 1.54) is 19.2 Å². The third-order valence-corrected chi connectivity index (χ3v) is 3.61. The molecule has 1 aliphatic rings. The number of rotatable bonds is 5. The summed E-state index contributed by atoms with van der Waals surface area (Å²) in [6.45, 7) is 4.16. The molecule has 0 radical (unpaired) electrons. The number of methoxy groups -OCH3 is 1. The highest BCUT2D eigenvalue weighted by molar-refractivity contribution is 5.39. The smallest absolute Gasteiger partial charge is 0.419 e. The van der Waals surface area contributed by atoms with Gasteiger partial charge in [-0.05, 0) is 37.1 Å². The molecule has 1 aliphatic heterocycles. The molecule has 1 aromatic rings. The highest BCUT2D eigenvalue weighted by atomic mass is 19.4. The first-order valence-corrected chi connectivity index (χ1v) is 7.05. The van der Waals surface area contributed by atoms with Gasteiger partial charge in [0.2, 0.25) is 0 Å². The van der Waals surface area contributed by atoms with Crippen molar-refractivity contribution in [2.75, 3.05) is 40.0 Å². The Morgan fingerprint density at radius 3 is 2.57 bits per heavy atom. The van der Waals surface area contributed by atoms with E-state index in [2.05, 4.69) is 4.90 Å². The van der Waals surface area contributed by atoms with Crippen LogP contribution in [0, 0.1) is 0 Å². The zero-order valence-corrected chi connectivity index (χ0v) is 12.1. The van der Waals surface area contributed by atoms with Gasteiger partial charge in [0.05, 0.1) is 25.9 Å². The molecule has 0 bridgehead atoms. The Kier molecular flexibility index (Phi) is 5.47. The predicted molar refractivity (Wildman–Crippen MR) is 73.6 cm³/mol. The Balaban J connectivity index is 1.94. The van der Waals surface area contributed by atoms with Crippen molar-refractivity contribution in [1.82, 2.24) is 4.90 Å². The third-order valence-electron chi connectivity index (χ3n) is 3.61. The fraction of sp³-hybridized carbons (Fsp3) is 0.600. The summed E-state index contributed by atoms with van der Waals surface area (Å²) in [4.78, 5) is 2.28. The second-order valence-electron chi connectivity index (χ2n) is 5.09. The highest BCUT2D eigenvalue weighted by Gasteiger charge is 2.34. The maximum atomic E-state index is 12.9. The molecule has 118 valence electrons. The van der Waals surface area contributed by atoms with Crippen LogP contribution in [-0.2, 0) is 17.3 Å². The molecular weight excluding hydrogens is 283 g/mol. The van der Waals surface area contributed by atoms with Crippen LogP contribution in [0.3, 0.4) is 0 Å². The number of ether oxygens (including phenoxy) is 2. The molecule has 0 aromatic heterocycles. The van der Waals surface area contributed by atoms with Gasteiger partial charge in [-0.2, -0.15) is 13.2 Å². The van der Waals surface area contributed by atoms with E-state index in [9.17, 15) is 13.2 Å². The number of morpholine rings is 1. The van der Waals surface area contributed by atoms with Gasteiger partial charge in [-0.25, -0.2) is 0 Å². The maximum Gasteiger partial charge on any atom is 0.419 e. The second kappa shape index (κ2) is 7.13. The number of benzene rings is 1. The molecule has 0 spiro atoms. The summed E-state index contributed by atoms with van der Waals surface area (Å²) in [6.07, 6.45) is -2.92. The Hall–Kier alpha value is -1.27. The Bertz CT molecular complexity index is 457. The first-order chi connectivity index (χ1) is 10.0. The molecule has 1 fully saturated rings. The SMILES string of the molecule is COc1ccc(CCCN2CCOCC2)cc1C(F)(F)F. The molecule has 0 N–H and O–H groups in total. The second-order valence-corrected chi connectivity index (χ2v) is 5.09. The summed E-state index contributed by atoms with van der Waals surface area (Å²) in [5.41, 5.74) is -0.00902. The number of aryl methyl sites for hydroxylation is 1. The zero-order valence-electron chi connectivity index (χ0n) is 12.1. The van der Waals surface area contributed by atoms with Gasteiger partial charge in [-0.3, -0.25) is 4.90 Å². The number of hydrogen-bond acceptors (Lipinski definition) is 3. The molecule has 0 aliphatic carbocycles. The molecule has 0 unspecified atom stereocenters. The number of halogens is 3. The fourth-order valence-electron chi connectivity index (χ4n) is 2.46. The average molecular weight is 303 g/mol. The van der Waals surface area contributed by atoms with Crippen LogP contribution >= 0.6 is 0 Å². The van der Waals surface area contributed by atoms with E-state index in [-0.39, 0.29) is 5.75 Å². The lowest BCUT2D eigenvalue weighted by atomic mass is 10.0. The number of nitrogens with zero attached hydrogens (tertiary/aromatic N) is 1. The topological polar surface area (TPSA) is 21.7 Å². The van der Waals surface area contributed by atoms with Crippen molar-refractivity contribution in [3.05, 3.63) is 29.3 Å². The Morgan fingerprint density at radius 2 is 1.95 bits per heavy atom. The van der Waals surface area contributed by atoms with Gasteiger partial charge in [0.15, 0.2) is 0 Å². The summed E-state index contributed by atoms with van der Waals surface area (Å²) in [7, 11) is 1.25. The van der Waals surface area contributed by atoms with E-state index in [4.69, 9.17) is 9.47 Å². The maximum absolute atomic E-state index is 12.9. The molecule has 0 amide bonds. The van der Waals surface area contributed by atoms with E-state index in [1.54, 1.807) is 6.07 Å². The van der Waals surface area contributed by atoms with Gasteiger partial charge >= 0.3 is 6.18 Å². The minimum atomic E-state index is -4.38. The van der Waals surface area contributed by atoms with E-state index < -0.39 is 11.7 Å². The molecule has 2 rings (SSSR count). The van der Waals surface area contributed by atoms with Gasteiger partial charge in [0, 0.05) is 13.1 Å². The van der Waals surface area contributed by atoms with E-state index in [1.807, 2.05) is 0 Å². The van der Waals surface area contributed by atoms with Crippen LogP contribution in [0.25, 0.3) is 0 Å². The van der Waals surface area contributed by atoms with Gasteiger partial charge in [0.1, 0.15) is 5.75 Å². The van der Waals surface area contributed by atoms with E-state index in [0.29, 0.717) is 12.0 Å². The van der Waals surface area contributed by atoms with Crippen LogP contribution in [0.2, 0.25) is 0 Å². The van der Waals surface area contributed by atoms with Crippen molar-refractivity contribution in [3.63, 3.8) is 0 Å². The summed E-state index contributed by atoms with van der Waals surface area (Å²) in [5, 5.41) is 0. The summed E-state index contributed by atoms with van der Waals surface area (Å²) < 4.78 is 48.8. The van der Waals surface area contributed by atoms with E-state index >= 15 is 0 Å². The molecule has 1 saturated heterocycles. The molecular formula is C15H20F3NO2. The molecule has 21 heavy (non-hydrogen) atoms. The third kappa shape index (κ3) is 4.61. The van der Waals surface area contributed by atoms with Crippen LogP contribution in [0.1, 0.15) is 17.5 Å². The minimum Gasteiger partial charge on any atom is -0.496 e. The van der Waals surface area contributed by atoms with Gasteiger partial charge in [-0.15, -0.1) is 0 Å². The molecule has 1 heterocycles. The van der Waals surface area contributed by atoms with Crippen molar-refractivity contribution in [2.24, 2.45) is 0 Å². The minimum absolute atomic E-state index is 0.126. The van der Waals surface area contributed by atoms with Crippen LogP contribution in [0.5, 0.6) is 5.75 Å². The molecule has 0 saturated carbocycles. The van der Waals surface area contributed by atoms with Crippen molar-refractivity contribution in [3.8, 4) is 5.75 Å². The lowest BCUT2D eigenvalue weighted by Gasteiger charge is -2.26. The van der Waals surface area contributed by atoms with Gasteiger partial charge < -0.3 is 9.47 Å². The van der Waals surface area contributed by atoms with Crippen molar-refractivity contribution in [1.29, 1.82) is 0 Å². The normalized spacial score (nSPS) is 17.0. The first-order valence-electron chi connectivity index (χ1n) is 7.05. The van der Waals surface area contributed by atoms with Crippen LogP contribution in [0.4, 0.5) is 13.2 Å². The highest BCUT2D eigenvalue weighted by Crippen LogP contribution is 2.36. The average Bonchev–Trinajstić information content (AvgIpc) is 2.47. The lowest BCUT2D eigenvalue weighted by Crippen LogP contribution is -2.36. The first kappa shape index (κ1) is 16.1. The summed E-state index contributed by atoms with van der Waals surface area (Å²) >= 11 is 0. The zero-order chi connectivity index (χ0) is 15.3.